The number of methoxy groups -OCH3 is 1. The first kappa shape index (κ1) is 36.7. The van der Waals surface area contributed by atoms with Crippen molar-refractivity contribution in [1.82, 2.24) is 20.0 Å². The van der Waals surface area contributed by atoms with Gasteiger partial charge in [0, 0.05) is 62.9 Å². The topological polar surface area (TPSA) is 99.7 Å². The quantitative estimate of drug-likeness (QED) is 0.107. The van der Waals surface area contributed by atoms with Crippen molar-refractivity contribution in [2.75, 3.05) is 40.0 Å². The van der Waals surface area contributed by atoms with Gasteiger partial charge in [0.1, 0.15) is 0 Å². The molecule has 2 aromatic rings. The molecule has 0 fully saturated rings. The van der Waals surface area contributed by atoms with E-state index in [0.29, 0.717) is 78.8 Å². The number of amides is 4. The number of nitrogens with zero attached hydrogens (tertiary/aromatic N) is 4. The molecule has 2 aliphatic heterocycles. The van der Waals surface area contributed by atoms with Crippen LogP contribution in [0.2, 0.25) is 0 Å². The van der Waals surface area contributed by atoms with E-state index in [-0.39, 0.29) is 12.1 Å². The van der Waals surface area contributed by atoms with Crippen LogP contribution in [-0.4, -0.2) is 95.8 Å². The molecular weight excluding hydrogens is 596 g/mol. The van der Waals surface area contributed by atoms with Gasteiger partial charge in [-0.3, -0.25) is 19.2 Å². The van der Waals surface area contributed by atoms with Gasteiger partial charge in [0.05, 0.1) is 22.3 Å². The van der Waals surface area contributed by atoms with E-state index in [9.17, 15) is 19.2 Å². The molecule has 0 aromatic heterocycles. The fraction of sp³-hybridized carbons (Fsp3) is 0.622. The van der Waals surface area contributed by atoms with Gasteiger partial charge < -0.3 is 9.47 Å². The van der Waals surface area contributed by atoms with Crippen molar-refractivity contribution in [3.05, 3.63) is 46.5 Å². The van der Waals surface area contributed by atoms with Crippen LogP contribution in [0.1, 0.15) is 140 Å². The second-order valence-corrected chi connectivity index (χ2v) is 12.8. The highest BCUT2D eigenvalue weighted by Gasteiger charge is 2.44. The van der Waals surface area contributed by atoms with E-state index in [2.05, 4.69) is 13.8 Å². The number of benzene rings is 2. The highest BCUT2D eigenvalue weighted by Crippen LogP contribution is 2.39. The lowest BCUT2D eigenvalue weighted by Crippen LogP contribution is -2.57. The average Bonchev–Trinajstić information content (AvgIpc) is 3.07. The van der Waals surface area contributed by atoms with Gasteiger partial charge in [0.15, 0.2) is 0 Å². The summed E-state index contributed by atoms with van der Waals surface area (Å²) in [5.41, 5.74) is 1.31. The first-order valence-corrected chi connectivity index (χ1v) is 17.7. The van der Waals surface area contributed by atoms with Crippen LogP contribution in [0.3, 0.4) is 0 Å². The molecule has 0 aliphatic carbocycles. The zero-order chi connectivity index (χ0) is 34.1. The van der Waals surface area contributed by atoms with Gasteiger partial charge >= 0.3 is 0 Å². The Hall–Kier alpha value is -3.18. The van der Waals surface area contributed by atoms with Crippen molar-refractivity contribution in [2.45, 2.75) is 111 Å². The SMILES string of the molecule is CCCCCCN(C(C)CCOC)N1C(=O)c2ccc3c4c(ccc(c24)C1=O)C(=O)N(N(CCCCCC)C(C)CCOCC)C3=O. The molecular formula is C37H54N4O6. The van der Waals surface area contributed by atoms with Crippen molar-refractivity contribution in [2.24, 2.45) is 0 Å². The molecule has 2 heterocycles. The summed E-state index contributed by atoms with van der Waals surface area (Å²) in [5.74, 6) is -1.73. The Balaban J connectivity index is 1.73. The highest BCUT2D eigenvalue weighted by molar-refractivity contribution is 6.33. The van der Waals surface area contributed by atoms with Crippen molar-refractivity contribution in [1.29, 1.82) is 0 Å². The molecule has 2 atom stereocenters. The largest absolute Gasteiger partial charge is 0.385 e. The molecule has 10 heteroatoms. The zero-order valence-electron chi connectivity index (χ0n) is 29.3. The van der Waals surface area contributed by atoms with Gasteiger partial charge in [0.25, 0.3) is 23.6 Å². The Morgan fingerprint density at radius 1 is 0.596 bits per heavy atom. The number of hydrogen-bond acceptors (Lipinski definition) is 8. The van der Waals surface area contributed by atoms with Gasteiger partial charge in [-0.1, -0.05) is 52.4 Å². The van der Waals surface area contributed by atoms with Crippen LogP contribution in [0.5, 0.6) is 0 Å². The lowest BCUT2D eigenvalue weighted by atomic mass is 9.86. The maximum absolute atomic E-state index is 14.2. The molecule has 4 rings (SSSR count). The van der Waals surface area contributed by atoms with Crippen molar-refractivity contribution >= 4 is 34.4 Å². The normalized spacial score (nSPS) is 15.9. The minimum absolute atomic E-state index is 0.120. The number of rotatable bonds is 21. The molecule has 0 N–H and O–H groups in total. The molecule has 10 nitrogen and oxygen atoms in total. The van der Waals surface area contributed by atoms with Crippen LogP contribution < -0.4 is 0 Å². The van der Waals surface area contributed by atoms with E-state index in [1.807, 2.05) is 30.8 Å². The molecule has 2 aliphatic rings. The third kappa shape index (κ3) is 7.77. The van der Waals surface area contributed by atoms with Crippen LogP contribution in [0.4, 0.5) is 0 Å². The lowest BCUT2D eigenvalue weighted by molar-refractivity contribution is -0.0301. The summed E-state index contributed by atoms with van der Waals surface area (Å²) in [6.45, 7) is 13.0. The van der Waals surface area contributed by atoms with E-state index < -0.39 is 23.6 Å². The minimum Gasteiger partial charge on any atom is -0.385 e. The second kappa shape index (κ2) is 17.3. The van der Waals surface area contributed by atoms with Gasteiger partial charge in [-0.25, -0.2) is 20.0 Å². The van der Waals surface area contributed by atoms with E-state index in [1.165, 1.54) is 10.0 Å². The Bertz CT molecular complexity index is 1360. The summed E-state index contributed by atoms with van der Waals surface area (Å²) < 4.78 is 10.9. The average molecular weight is 651 g/mol. The predicted molar refractivity (Wildman–Crippen MR) is 183 cm³/mol. The van der Waals surface area contributed by atoms with Crippen LogP contribution >= 0.6 is 0 Å². The number of hydrazine groups is 2. The first-order valence-electron chi connectivity index (χ1n) is 17.7. The summed E-state index contributed by atoms with van der Waals surface area (Å²) in [7, 11) is 1.64. The van der Waals surface area contributed by atoms with Crippen LogP contribution in [0, 0.1) is 0 Å². The maximum atomic E-state index is 14.2. The molecule has 0 bridgehead atoms. The third-order valence-electron chi connectivity index (χ3n) is 9.49. The van der Waals surface area contributed by atoms with E-state index in [4.69, 9.17) is 9.47 Å². The Morgan fingerprint density at radius 2 is 0.979 bits per heavy atom. The standard InChI is InChI=1S/C37H54N4O6/c1-7-10-12-14-22-38(26(4)20-24-46-6)40-34(42)28-16-18-30-33-31(19-17-29(32(28)33)35(40)43)37(45)41(36(30)44)39(23-15-13-11-8-2)27(5)21-25-47-9-3/h16-19,26-27H,7-15,20-25H2,1-6H3. The number of carbonyl (C=O) groups excluding carboxylic acids is 4. The molecule has 0 spiro atoms. The van der Waals surface area contributed by atoms with Crippen molar-refractivity contribution in [3.63, 3.8) is 0 Å². The van der Waals surface area contributed by atoms with Gasteiger partial charge in [-0.15, -0.1) is 0 Å². The number of hydrogen-bond donors (Lipinski definition) is 0. The summed E-state index contributed by atoms with van der Waals surface area (Å²) in [6.07, 6.45) is 9.33. The maximum Gasteiger partial charge on any atom is 0.276 e. The molecule has 47 heavy (non-hydrogen) atoms. The van der Waals surface area contributed by atoms with Crippen molar-refractivity contribution in [3.8, 4) is 0 Å². The number of imide groups is 2. The fourth-order valence-electron chi connectivity index (χ4n) is 6.74. The summed E-state index contributed by atoms with van der Waals surface area (Å²) in [5, 5.41) is 7.11. The third-order valence-corrected chi connectivity index (χ3v) is 9.49. The number of carbonyl (C=O) groups is 4. The Morgan fingerprint density at radius 3 is 1.32 bits per heavy atom. The number of ether oxygens (including phenoxy) is 2. The van der Waals surface area contributed by atoms with Crippen LogP contribution in [0.15, 0.2) is 24.3 Å². The van der Waals surface area contributed by atoms with E-state index >= 15 is 0 Å². The minimum atomic E-state index is -0.435. The first-order chi connectivity index (χ1) is 22.7. The monoisotopic (exact) mass is 650 g/mol. The van der Waals surface area contributed by atoms with E-state index in [0.717, 1.165) is 51.4 Å². The molecule has 4 amide bonds. The zero-order valence-corrected chi connectivity index (χ0v) is 29.3. The highest BCUT2D eigenvalue weighted by atomic mass is 16.5. The smallest absolute Gasteiger partial charge is 0.276 e. The van der Waals surface area contributed by atoms with Crippen LogP contribution in [-0.2, 0) is 9.47 Å². The molecule has 258 valence electrons. The van der Waals surface area contributed by atoms with Gasteiger partial charge in [-0.2, -0.15) is 0 Å². The fourth-order valence-corrected chi connectivity index (χ4v) is 6.74. The summed E-state index contributed by atoms with van der Waals surface area (Å²) in [6, 6.07) is 6.36. The van der Waals surface area contributed by atoms with Crippen molar-refractivity contribution < 1.29 is 28.7 Å². The molecule has 0 radical (unpaired) electrons. The lowest BCUT2D eigenvalue weighted by Gasteiger charge is -2.42. The number of unbranched alkanes of at least 4 members (excludes halogenated alkanes) is 6. The van der Waals surface area contributed by atoms with Gasteiger partial charge in [0.2, 0.25) is 0 Å². The Kier molecular flexibility index (Phi) is 13.5. The molecule has 2 aromatic carbocycles. The van der Waals surface area contributed by atoms with Crippen LogP contribution in [0.25, 0.3) is 10.8 Å². The predicted octanol–water partition coefficient (Wildman–Crippen LogP) is 6.87. The summed E-state index contributed by atoms with van der Waals surface area (Å²) in [4.78, 5) is 56.9. The molecule has 0 saturated heterocycles. The summed E-state index contributed by atoms with van der Waals surface area (Å²) >= 11 is 0. The molecule has 2 unspecified atom stereocenters. The Labute approximate surface area is 280 Å². The second-order valence-electron chi connectivity index (χ2n) is 12.8. The van der Waals surface area contributed by atoms with Gasteiger partial charge in [-0.05, 0) is 70.7 Å². The molecule has 0 saturated carbocycles. The van der Waals surface area contributed by atoms with E-state index in [1.54, 1.807) is 31.4 Å².